The Kier molecular flexibility index (Phi) is 5.65. The number of hydrogen-bond donors (Lipinski definition) is 2. The lowest BCUT2D eigenvalue weighted by molar-refractivity contribution is -0.138. The van der Waals surface area contributed by atoms with Gasteiger partial charge in [0.15, 0.2) is 11.8 Å². The van der Waals surface area contributed by atoms with Gasteiger partial charge < -0.3 is 24.3 Å². The number of pyridine rings is 1. The van der Waals surface area contributed by atoms with E-state index in [1.165, 1.54) is 0 Å². The molecule has 2 unspecified atom stereocenters. The van der Waals surface area contributed by atoms with E-state index in [0.717, 1.165) is 28.7 Å². The van der Waals surface area contributed by atoms with Crippen molar-refractivity contribution in [3.05, 3.63) is 65.2 Å². The lowest BCUT2D eigenvalue weighted by Gasteiger charge is -2.15. The van der Waals surface area contributed by atoms with Crippen molar-refractivity contribution in [1.82, 2.24) is 15.0 Å². The Bertz CT molecular complexity index is 1520. The van der Waals surface area contributed by atoms with Gasteiger partial charge in [-0.25, -0.2) is 4.98 Å². The van der Waals surface area contributed by atoms with Gasteiger partial charge in [-0.15, -0.1) is 0 Å². The Balaban J connectivity index is 1.08. The quantitative estimate of drug-likeness (QED) is 0.347. The second-order valence-corrected chi connectivity index (χ2v) is 10.9. The zero-order valence-electron chi connectivity index (χ0n) is 20.6. The number of aromatic amines is 1. The molecule has 1 aliphatic carbocycles. The highest BCUT2D eigenvalue weighted by atomic mass is 35.5. The molecule has 7 rings (SSSR count). The summed E-state index contributed by atoms with van der Waals surface area (Å²) in [6.45, 7) is 3.26. The van der Waals surface area contributed by atoms with Crippen molar-refractivity contribution in [2.75, 3.05) is 13.2 Å². The van der Waals surface area contributed by atoms with Crippen LogP contribution in [0.4, 0.5) is 0 Å². The predicted octanol–water partition coefficient (Wildman–Crippen LogP) is 5.31. The Labute approximate surface area is 223 Å². The van der Waals surface area contributed by atoms with Gasteiger partial charge in [0.25, 0.3) is 6.01 Å². The lowest BCUT2D eigenvalue weighted by Crippen LogP contribution is -2.33. The summed E-state index contributed by atoms with van der Waals surface area (Å²) in [5.74, 6) is -0.481. The first kappa shape index (κ1) is 23.6. The number of fused-ring (bicyclic) bond motifs is 2. The predicted molar refractivity (Wildman–Crippen MR) is 141 cm³/mol. The van der Waals surface area contributed by atoms with E-state index in [0.29, 0.717) is 47.0 Å². The van der Waals surface area contributed by atoms with E-state index in [4.69, 9.17) is 30.8 Å². The van der Waals surface area contributed by atoms with E-state index in [1.807, 2.05) is 54.6 Å². The summed E-state index contributed by atoms with van der Waals surface area (Å²) in [6.07, 6.45) is 0.474. The summed E-state index contributed by atoms with van der Waals surface area (Å²) in [7, 11) is 0. The highest BCUT2D eigenvalue weighted by Gasteiger charge is 2.47. The van der Waals surface area contributed by atoms with Gasteiger partial charge >= 0.3 is 5.97 Å². The first-order valence-corrected chi connectivity index (χ1v) is 13.2. The molecule has 194 valence electrons. The molecular formula is C29H26ClN3O5. The molecule has 2 aromatic heterocycles. The fourth-order valence-corrected chi connectivity index (χ4v) is 5.89. The highest BCUT2D eigenvalue weighted by molar-refractivity contribution is 6.33. The Morgan fingerprint density at radius 3 is 2.39 bits per heavy atom. The number of carboxylic acids is 1. The van der Waals surface area contributed by atoms with Crippen LogP contribution < -0.4 is 4.74 Å². The van der Waals surface area contributed by atoms with Crippen molar-refractivity contribution in [2.45, 2.75) is 37.6 Å². The average molecular weight is 532 g/mol. The molecule has 0 radical (unpaired) electrons. The van der Waals surface area contributed by atoms with Gasteiger partial charge in [0.1, 0.15) is 6.10 Å². The summed E-state index contributed by atoms with van der Waals surface area (Å²) < 4.78 is 17.8. The number of carbonyl (C=O) groups is 1. The number of imidazole rings is 1. The largest absolute Gasteiger partial charge is 0.481 e. The van der Waals surface area contributed by atoms with Crippen molar-refractivity contribution in [2.24, 2.45) is 11.8 Å². The smallest absolute Gasteiger partial charge is 0.307 e. The molecule has 4 aromatic rings. The Hall–Kier alpha value is -3.46. The van der Waals surface area contributed by atoms with Gasteiger partial charge in [-0.3, -0.25) is 4.79 Å². The van der Waals surface area contributed by atoms with E-state index in [9.17, 15) is 9.90 Å². The maximum absolute atomic E-state index is 11.2. The number of halogens is 1. The van der Waals surface area contributed by atoms with E-state index in [1.54, 1.807) is 0 Å². The van der Waals surface area contributed by atoms with E-state index in [2.05, 4.69) is 16.9 Å². The average Bonchev–Trinajstić information content (AvgIpc) is 3.30. The minimum absolute atomic E-state index is 0.0620. The van der Waals surface area contributed by atoms with Crippen LogP contribution >= 0.6 is 11.6 Å². The molecule has 4 heterocycles. The van der Waals surface area contributed by atoms with E-state index >= 15 is 0 Å². The maximum atomic E-state index is 11.2. The van der Waals surface area contributed by atoms with Gasteiger partial charge in [0.2, 0.25) is 0 Å². The van der Waals surface area contributed by atoms with Crippen LogP contribution in [0.1, 0.15) is 24.8 Å². The van der Waals surface area contributed by atoms with Crippen LogP contribution in [-0.2, 0) is 14.3 Å². The van der Waals surface area contributed by atoms with Crippen LogP contribution in [0.2, 0.25) is 5.02 Å². The molecule has 2 aromatic carbocycles. The van der Waals surface area contributed by atoms with Crippen LogP contribution in [0.25, 0.3) is 33.5 Å². The Morgan fingerprint density at radius 2 is 1.68 bits per heavy atom. The molecule has 6 atom stereocenters. The molecule has 0 spiro atoms. The molecule has 1 saturated carbocycles. The van der Waals surface area contributed by atoms with E-state index in [-0.39, 0.29) is 30.1 Å². The van der Waals surface area contributed by atoms with Gasteiger partial charge in [-0.2, -0.15) is 4.98 Å². The molecule has 38 heavy (non-hydrogen) atoms. The molecule has 8 nitrogen and oxygen atoms in total. The van der Waals surface area contributed by atoms with Crippen LogP contribution in [0, 0.1) is 11.8 Å². The van der Waals surface area contributed by atoms with Crippen molar-refractivity contribution in [3.8, 4) is 28.4 Å². The summed E-state index contributed by atoms with van der Waals surface area (Å²) in [5, 5.41) is 9.69. The molecule has 2 N–H and O–H groups in total. The van der Waals surface area contributed by atoms with Gasteiger partial charge in [-0.05, 0) is 35.1 Å². The lowest BCUT2D eigenvalue weighted by atomic mass is 10.00. The molecule has 0 bridgehead atoms. The minimum Gasteiger partial charge on any atom is -0.481 e. The number of hydrogen-bond acceptors (Lipinski definition) is 6. The summed E-state index contributed by atoms with van der Waals surface area (Å²) in [6, 6.07) is 18.4. The zero-order chi connectivity index (χ0) is 26.0. The first-order valence-electron chi connectivity index (χ1n) is 12.8. The number of rotatable bonds is 6. The molecule has 3 fully saturated rings. The van der Waals surface area contributed by atoms with Crippen LogP contribution in [0.3, 0.4) is 0 Å². The topological polar surface area (TPSA) is 107 Å². The van der Waals surface area contributed by atoms with Crippen molar-refractivity contribution in [3.63, 3.8) is 0 Å². The van der Waals surface area contributed by atoms with Crippen LogP contribution in [-0.4, -0.2) is 57.6 Å². The molecule has 9 heteroatoms. The Morgan fingerprint density at radius 1 is 1.00 bits per heavy atom. The number of aromatic nitrogens is 3. The fraction of sp³-hybridized carbons (Fsp3) is 0.345. The molecule has 2 aliphatic heterocycles. The summed E-state index contributed by atoms with van der Waals surface area (Å²) >= 11 is 6.62. The van der Waals surface area contributed by atoms with Crippen LogP contribution in [0.15, 0.2) is 54.6 Å². The molecular weight excluding hydrogens is 506 g/mol. The highest BCUT2D eigenvalue weighted by Crippen LogP contribution is 2.47. The molecule has 3 aliphatic rings. The van der Waals surface area contributed by atoms with Crippen molar-refractivity contribution >= 4 is 28.7 Å². The number of nitrogens with zero attached hydrogens (tertiary/aromatic N) is 2. The third kappa shape index (κ3) is 4.13. The third-order valence-electron chi connectivity index (χ3n) is 7.86. The minimum atomic E-state index is -0.714. The number of H-pyrrole nitrogens is 1. The monoisotopic (exact) mass is 531 g/mol. The molecule has 0 amide bonds. The van der Waals surface area contributed by atoms with Crippen LogP contribution in [0.5, 0.6) is 6.01 Å². The number of carboxylic acid groups (broad SMARTS) is 1. The van der Waals surface area contributed by atoms with Crippen molar-refractivity contribution in [1.29, 1.82) is 0 Å². The van der Waals surface area contributed by atoms with E-state index < -0.39 is 5.97 Å². The SMILES string of the molecule is C[C@@H]1CO[C@H]2[C@@H]1OC[C@H]2Oc1nc2nc(-c3ccc(-c4ccc(C5CC5C(=O)O)cc4)cc3)c(Cl)cc2[nH]1. The van der Waals surface area contributed by atoms with Gasteiger partial charge in [0.05, 0.1) is 41.5 Å². The second-order valence-electron chi connectivity index (χ2n) is 10.4. The second kappa shape index (κ2) is 9.08. The summed E-state index contributed by atoms with van der Waals surface area (Å²) in [4.78, 5) is 23.6. The molecule has 2 saturated heterocycles. The van der Waals surface area contributed by atoms with Gasteiger partial charge in [-0.1, -0.05) is 67.1 Å². The normalized spacial score (nSPS) is 27.9. The maximum Gasteiger partial charge on any atom is 0.307 e. The fourth-order valence-electron chi connectivity index (χ4n) is 5.63. The standard InChI is InChI=1S/C29H26ClN3O5/c1-14-12-36-26-23(13-37-25(14)26)38-29-31-22-11-21(30)24(32-27(22)33-29)18-8-4-16(5-9-18)15-2-6-17(7-3-15)19-10-20(19)28(34)35/h2-9,11,14,19-20,23,25-26H,10,12-13H2,1H3,(H,34,35)(H,31,32,33)/t14-,19?,20?,23-,25-,26-/m1/s1. The first-order chi connectivity index (χ1) is 18.4. The number of nitrogens with one attached hydrogen (secondary N) is 1. The van der Waals surface area contributed by atoms with Crippen molar-refractivity contribution < 1.29 is 24.1 Å². The number of benzene rings is 2. The third-order valence-corrected chi connectivity index (χ3v) is 8.15. The number of ether oxygens (including phenoxy) is 3. The zero-order valence-corrected chi connectivity index (χ0v) is 21.4. The van der Waals surface area contributed by atoms with Gasteiger partial charge in [0, 0.05) is 11.5 Å². The summed E-state index contributed by atoms with van der Waals surface area (Å²) in [5.41, 5.74) is 5.94. The number of aliphatic carboxylic acids is 1.